The number of hydrogen-bond acceptors (Lipinski definition) is 1. The zero-order valence-electron chi connectivity index (χ0n) is 4.70. The minimum Gasteiger partial charge on any atom is -0.283 e. The molecule has 0 aromatic rings. The molecule has 0 aromatic carbocycles. The highest BCUT2D eigenvalue weighted by atomic mass is 19.3. The van der Waals surface area contributed by atoms with Gasteiger partial charge in [-0.2, -0.15) is 8.78 Å². The van der Waals surface area contributed by atoms with Gasteiger partial charge in [-0.25, -0.2) is 8.78 Å². The molecule has 0 aliphatic heterocycles. The topological polar surface area (TPSA) is 9.23 Å². The minimum atomic E-state index is -3.59. The summed E-state index contributed by atoms with van der Waals surface area (Å²) in [6, 6.07) is 0. The van der Waals surface area contributed by atoms with Gasteiger partial charge >= 0.3 is 6.11 Å². The lowest BCUT2D eigenvalue weighted by atomic mass is 10.7. The van der Waals surface area contributed by atoms with Gasteiger partial charge < -0.3 is 0 Å². The summed E-state index contributed by atoms with van der Waals surface area (Å²) in [5.41, 5.74) is 0. The first-order valence-corrected chi connectivity index (χ1v) is 2.21. The molecule has 1 unspecified atom stereocenters. The van der Waals surface area contributed by atoms with Crippen LogP contribution in [0.1, 0.15) is 6.92 Å². The number of alkyl halides is 4. The van der Waals surface area contributed by atoms with Crippen molar-refractivity contribution in [1.82, 2.24) is 0 Å². The Morgan fingerprint density at radius 2 is 2.00 bits per heavy atom. The molecule has 1 atom stereocenters. The zero-order valence-corrected chi connectivity index (χ0v) is 4.70. The van der Waals surface area contributed by atoms with E-state index in [1.165, 1.54) is 0 Å². The van der Waals surface area contributed by atoms with Gasteiger partial charge in [0.2, 0.25) is 6.36 Å². The SMILES string of the molecule is CC(F)(F)OC(F)CF. The van der Waals surface area contributed by atoms with E-state index in [1.54, 1.807) is 0 Å². The van der Waals surface area contributed by atoms with Crippen LogP contribution in [0.15, 0.2) is 0 Å². The van der Waals surface area contributed by atoms with Crippen molar-refractivity contribution in [2.75, 3.05) is 6.67 Å². The van der Waals surface area contributed by atoms with Crippen LogP contribution < -0.4 is 0 Å². The fraction of sp³-hybridized carbons (Fsp3) is 1.00. The molecule has 0 amide bonds. The summed E-state index contributed by atoms with van der Waals surface area (Å²) in [5, 5.41) is 0. The molecular weight excluding hydrogens is 140 g/mol. The third kappa shape index (κ3) is 5.55. The Balaban J connectivity index is 3.47. The van der Waals surface area contributed by atoms with E-state index in [9.17, 15) is 17.6 Å². The lowest BCUT2D eigenvalue weighted by Gasteiger charge is -2.11. The molecule has 0 aromatic heterocycles. The monoisotopic (exact) mass is 146 g/mol. The molecule has 0 aliphatic carbocycles. The van der Waals surface area contributed by atoms with Crippen LogP contribution in [0.5, 0.6) is 0 Å². The predicted molar refractivity (Wildman–Crippen MR) is 22.6 cm³/mol. The van der Waals surface area contributed by atoms with Crippen molar-refractivity contribution in [2.45, 2.75) is 19.4 Å². The fourth-order valence-corrected chi connectivity index (χ4v) is 0.256. The lowest BCUT2D eigenvalue weighted by Crippen LogP contribution is -2.22. The van der Waals surface area contributed by atoms with Crippen molar-refractivity contribution >= 4 is 0 Å². The van der Waals surface area contributed by atoms with E-state index in [-0.39, 0.29) is 0 Å². The van der Waals surface area contributed by atoms with Crippen LogP contribution in [-0.4, -0.2) is 19.1 Å². The normalized spacial score (nSPS) is 15.7. The Morgan fingerprint density at radius 3 is 2.11 bits per heavy atom. The Kier molecular flexibility index (Phi) is 2.90. The van der Waals surface area contributed by atoms with E-state index in [4.69, 9.17) is 0 Å². The van der Waals surface area contributed by atoms with Crippen molar-refractivity contribution in [1.29, 1.82) is 0 Å². The van der Waals surface area contributed by atoms with Crippen LogP contribution in [0.4, 0.5) is 17.6 Å². The number of hydrogen-bond donors (Lipinski definition) is 0. The molecule has 0 fully saturated rings. The maximum atomic E-state index is 11.6. The van der Waals surface area contributed by atoms with Crippen LogP contribution in [0.2, 0.25) is 0 Å². The van der Waals surface area contributed by atoms with Gasteiger partial charge in [-0.05, 0) is 0 Å². The zero-order chi connectivity index (χ0) is 7.49. The molecule has 0 spiro atoms. The van der Waals surface area contributed by atoms with Gasteiger partial charge in [-0.3, -0.25) is 4.74 Å². The molecule has 0 saturated carbocycles. The third-order valence-electron chi connectivity index (χ3n) is 0.456. The van der Waals surface area contributed by atoms with Gasteiger partial charge in [0.05, 0.1) is 0 Å². The Hall–Kier alpha value is -0.320. The quantitative estimate of drug-likeness (QED) is 0.552. The minimum absolute atomic E-state index is 0.342. The first-order valence-electron chi connectivity index (χ1n) is 2.21. The molecule has 0 saturated heterocycles. The smallest absolute Gasteiger partial charge is 0.283 e. The molecule has 0 radical (unpaired) electrons. The number of ether oxygens (including phenoxy) is 1. The summed E-state index contributed by atoms with van der Waals surface area (Å²) in [6.07, 6.45) is -6.11. The maximum Gasteiger partial charge on any atom is 0.355 e. The summed E-state index contributed by atoms with van der Waals surface area (Å²) in [6.45, 7) is -1.21. The average molecular weight is 146 g/mol. The largest absolute Gasteiger partial charge is 0.355 e. The van der Waals surface area contributed by atoms with Crippen molar-refractivity contribution in [3.05, 3.63) is 0 Å². The van der Waals surface area contributed by atoms with Gasteiger partial charge in [0.1, 0.15) is 6.67 Å². The van der Waals surface area contributed by atoms with Gasteiger partial charge in [0.15, 0.2) is 0 Å². The number of halogens is 4. The second kappa shape index (κ2) is 3.00. The fourth-order valence-electron chi connectivity index (χ4n) is 0.256. The van der Waals surface area contributed by atoms with Crippen LogP contribution in [0.25, 0.3) is 0 Å². The van der Waals surface area contributed by atoms with E-state index >= 15 is 0 Å². The first-order chi connectivity index (χ1) is 3.95. The summed E-state index contributed by atoms with van der Waals surface area (Å²) in [4.78, 5) is 0. The summed E-state index contributed by atoms with van der Waals surface area (Å²) >= 11 is 0. The maximum absolute atomic E-state index is 11.6. The summed E-state index contributed by atoms with van der Waals surface area (Å²) in [7, 11) is 0. The van der Waals surface area contributed by atoms with Gasteiger partial charge in [-0.15, -0.1) is 0 Å². The average Bonchev–Trinajstić information content (AvgIpc) is 1.62. The lowest BCUT2D eigenvalue weighted by molar-refractivity contribution is -0.278. The molecule has 0 aliphatic rings. The van der Waals surface area contributed by atoms with E-state index < -0.39 is 19.1 Å². The van der Waals surface area contributed by atoms with Gasteiger partial charge in [0, 0.05) is 6.92 Å². The molecule has 9 heavy (non-hydrogen) atoms. The molecule has 0 bridgehead atoms. The molecular formula is C4H6F4O. The van der Waals surface area contributed by atoms with Gasteiger partial charge in [-0.1, -0.05) is 0 Å². The molecule has 56 valence electrons. The van der Waals surface area contributed by atoms with E-state index in [0.29, 0.717) is 6.92 Å². The Morgan fingerprint density at radius 1 is 1.56 bits per heavy atom. The molecule has 1 nitrogen and oxygen atoms in total. The highest BCUT2D eigenvalue weighted by Crippen LogP contribution is 2.16. The van der Waals surface area contributed by atoms with E-state index in [0.717, 1.165) is 0 Å². The standard InChI is InChI=1S/C4H6F4O/c1-4(7,8)9-3(6)2-5/h3H,2H2,1H3. The summed E-state index contributed by atoms with van der Waals surface area (Å²) < 4.78 is 48.9. The second-order valence-electron chi connectivity index (χ2n) is 1.49. The first kappa shape index (κ1) is 8.68. The Bertz CT molecular complexity index is 79.1. The summed E-state index contributed by atoms with van der Waals surface area (Å²) in [5.74, 6) is 0. The molecule has 0 rings (SSSR count). The molecule has 0 N–H and O–H groups in total. The van der Waals surface area contributed by atoms with E-state index in [1.807, 2.05) is 0 Å². The van der Waals surface area contributed by atoms with Crippen LogP contribution in [0.3, 0.4) is 0 Å². The highest BCUT2D eigenvalue weighted by molar-refractivity contribution is 4.42. The van der Waals surface area contributed by atoms with Crippen molar-refractivity contribution in [3.63, 3.8) is 0 Å². The van der Waals surface area contributed by atoms with Crippen LogP contribution in [-0.2, 0) is 4.74 Å². The van der Waals surface area contributed by atoms with Crippen molar-refractivity contribution in [3.8, 4) is 0 Å². The highest BCUT2D eigenvalue weighted by Gasteiger charge is 2.26. The van der Waals surface area contributed by atoms with E-state index in [2.05, 4.69) is 4.74 Å². The predicted octanol–water partition coefficient (Wildman–Crippen LogP) is 1.88. The molecule has 0 heterocycles. The Labute approximate surface area is 49.6 Å². The number of rotatable bonds is 3. The molecule has 5 heteroatoms. The third-order valence-corrected chi connectivity index (χ3v) is 0.456. The van der Waals surface area contributed by atoms with Crippen molar-refractivity contribution < 1.29 is 22.3 Å². The van der Waals surface area contributed by atoms with Crippen LogP contribution >= 0.6 is 0 Å². The van der Waals surface area contributed by atoms with Crippen molar-refractivity contribution in [2.24, 2.45) is 0 Å². The van der Waals surface area contributed by atoms with Crippen LogP contribution in [0, 0.1) is 0 Å². The second-order valence-corrected chi connectivity index (χ2v) is 1.49. The van der Waals surface area contributed by atoms with Gasteiger partial charge in [0.25, 0.3) is 0 Å².